The molecule has 0 bridgehead atoms. The van der Waals surface area contributed by atoms with Crippen molar-refractivity contribution in [2.24, 2.45) is 0 Å². The Morgan fingerprint density at radius 1 is 0.238 bits per heavy atom. The van der Waals surface area contributed by atoms with E-state index in [4.69, 9.17) is 9.97 Å². The summed E-state index contributed by atoms with van der Waals surface area (Å²) in [4.78, 5) is 9.93. The molecule has 0 amide bonds. The van der Waals surface area contributed by atoms with Gasteiger partial charge in [-0.3, -0.25) is 9.97 Å². The summed E-state index contributed by atoms with van der Waals surface area (Å²) < 4.78 is 0. The van der Waals surface area contributed by atoms with E-state index >= 15 is 0 Å². The summed E-state index contributed by atoms with van der Waals surface area (Å²) in [6.45, 7) is 0. The molecule has 2 heterocycles. The van der Waals surface area contributed by atoms with E-state index in [2.05, 4.69) is 146 Å². The third-order valence-corrected chi connectivity index (χ3v) is 7.59. The molecular weight excluding hydrogens is 508 g/mol. The number of hydrogen-bond donors (Lipinski definition) is 0. The fourth-order valence-electron chi connectivity index (χ4n) is 5.86. The quantitative estimate of drug-likeness (QED) is 0.211. The number of rotatable bonds is 6. The zero-order chi connectivity index (χ0) is 28.1. The summed E-state index contributed by atoms with van der Waals surface area (Å²) in [6.07, 6.45) is 3.75. The fourth-order valence-corrected chi connectivity index (χ4v) is 5.86. The highest BCUT2D eigenvalue weighted by molar-refractivity contribution is 6.14. The van der Waals surface area contributed by atoms with Crippen LogP contribution in [-0.2, 0) is 0 Å². The van der Waals surface area contributed by atoms with Crippen LogP contribution in [0.1, 0.15) is 0 Å². The third-order valence-electron chi connectivity index (χ3n) is 7.59. The highest BCUT2D eigenvalue weighted by Crippen LogP contribution is 2.55. The highest BCUT2D eigenvalue weighted by atomic mass is 14.7. The SMILES string of the molecule is c1ccc(-c2c(-c3ccccc3)c(-c3ccccc3)c(-c3ccccn3)c(-c3ccccn3)c2-c2ccccc2)cc1. The maximum Gasteiger partial charge on any atom is 0.0715 e. The summed E-state index contributed by atoms with van der Waals surface area (Å²) in [5.74, 6) is 0. The van der Waals surface area contributed by atoms with Gasteiger partial charge in [0, 0.05) is 34.6 Å². The van der Waals surface area contributed by atoms with Crippen LogP contribution >= 0.6 is 0 Å². The lowest BCUT2D eigenvalue weighted by Crippen LogP contribution is -2.03. The number of benzene rings is 5. The maximum atomic E-state index is 4.97. The highest BCUT2D eigenvalue weighted by Gasteiger charge is 2.29. The smallest absolute Gasteiger partial charge is 0.0715 e. The molecule has 0 saturated carbocycles. The zero-order valence-corrected chi connectivity index (χ0v) is 23.1. The standard InChI is InChI=1S/C40H28N2/c1-5-17-29(18-6-1)35-36(30-19-7-2-8-20-30)38(32-23-11-4-12-24-32)40(34-26-14-16-28-42-34)39(33-25-13-15-27-41-33)37(35)31-21-9-3-10-22-31/h1-28H. The van der Waals surface area contributed by atoms with Crippen molar-refractivity contribution in [1.82, 2.24) is 9.97 Å². The Hall–Kier alpha value is -5.60. The molecule has 0 aliphatic heterocycles. The molecule has 42 heavy (non-hydrogen) atoms. The summed E-state index contributed by atoms with van der Waals surface area (Å²) in [6, 6.07) is 55.2. The predicted molar refractivity (Wildman–Crippen MR) is 175 cm³/mol. The lowest BCUT2D eigenvalue weighted by atomic mass is 9.75. The van der Waals surface area contributed by atoms with Crippen LogP contribution in [0.4, 0.5) is 0 Å². The Balaban J connectivity index is 1.81. The molecule has 5 aromatic carbocycles. The molecule has 0 aliphatic rings. The van der Waals surface area contributed by atoms with E-state index in [0.717, 1.165) is 55.9 Å². The molecule has 0 radical (unpaired) electrons. The van der Waals surface area contributed by atoms with Crippen molar-refractivity contribution in [1.29, 1.82) is 0 Å². The van der Waals surface area contributed by atoms with Crippen LogP contribution in [0.5, 0.6) is 0 Å². The molecule has 0 unspecified atom stereocenters. The average molecular weight is 537 g/mol. The molecule has 0 saturated heterocycles. The molecule has 2 nitrogen and oxygen atoms in total. The van der Waals surface area contributed by atoms with E-state index in [-0.39, 0.29) is 0 Å². The normalized spacial score (nSPS) is 10.9. The molecule has 7 aromatic rings. The van der Waals surface area contributed by atoms with Gasteiger partial charge in [0.05, 0.1) is 11.4 Å². The number of nitrogens with zero attached hydrogens (tertiary/aromatic N) is 2. The van der Waals surface area contributed by atoms with Crippen LogP contribution in [0.3, 0.4) is 0 Å². The largest absolute Gasteiger partial charge is 0.256 e. The van der Waals surface area contributed by atoms with E-state index < -0.39 is 0 Å². The van der Waals surface area contributed by atoms with Gasteiger partial charge in [0.25, 0.3) is 0 Å². The van der Waals surface area contributed by atoms with Crippen LogP contribution < -0.4 is 0 Å². The van der Waals surface area contributed by atoms with E-state index in [1.54, 1.807) is 0 Å². The van der Waals surface area contributed by atoms with Gasteiger partial charge in [0.15, 0.2) is 0 Å². The van der Waals surface area contributed by atoms with Crippen molar-refractivity contribution in [3.8, 4) is 67.0 Å². The number of aromatic nitrogens is 2. The van der Waals surface area contributed by atoms with E-state index in [9.17, 15) is 0 Å². The molecule has 198 valence electrons. The fraction of sp³-hybridized carbons (Fsp3) is 0. The lowest BCUT2D eigenvalue weighted by Gasteiger charge is -2.28. The maximum absolute atomic E-state index is 4.97. The van der Waals surface area contributed by atoms with Gasteiger partial charge in [0.1, 0.15) is 0 Å². The predicted octanol–water partition coefficient (Wildman–Crippen LogP) is 10.5. The van der Waals surface area contributed by atoms with Crippen LogP contribution in [0.15, 0.2) is 170 Å². The van der Waals surface area contributed by atoms with Gasteiger partial charge in [0.2, 0.25) is 0 Å². The minimum Gasteiger partial charge on any atom is -0.256 e. The minimum atomic E-state index is 0.908. The zero-order valence-electron chi connectivity index (χ0n) is 23.1. The van der Waals surface area contributed by atoms with E-state index in [1.807, 2.05) is 24.5 Å². The van der Waals surface area contributed by atoms with E-state index in [1.165, 1.54) is 11.1 Å². The Labute approximate surface area is 246 Å². The van der Waals surface area contributed by atoms with Crippen LogP contribution in [0.25, 0.3) is 67.0 Å². The molecule has 2 heteroatoms. The second kappa shape index (κ2) is 11.5. The topological polar surface area (TPSA) is 25.8 Å². The van der Waals surface area contributed by atoms with E-state index in [0.29, 0.717) is 0 Å². The van der Waals surface area contributed by atoms with Crippen LogP contribution in [0, 0.1) is 0 Å². The molecule has 0 N–H and O–H groups in total. The first-order chi connectivity index (χ1) is 20.9. The summed E-state index contributed by atoms with van der Waals surface area (Å²) >= 11 is 0. The molecule has 0 spiro atoms. The summed E-state index contributed by atoms with van der Waals surface area (Å²) in [7, 11) is 0. The molecule has 0 fully saturated rings. The average Bonchev–Trinajstić information content (AvgIpc) is 3.09. The number of hydrogen-bond acceptors (Lipinski definition) is 2. The van der Waals surface area contributed by atoms with Crippen molar-refractivity contribution < 1.29 is 0 Å². The van der Waals surface area contributed by atoms with Gasteiger partial charge >= 0.3 is 0 Å². The van der Waals surface area contributed by atoms with Gasteiger partial charge in [-0.05, 0) is 57.6 Å². The van der Waals surface area contributed by atoms with Gasteiger partial charge < -0.3 is 0 Å². The first-order valence-corrected chi connectivity index (χ1v) is 14.2. The Morgan fingerprint density at radius 3 is 0.762 bits per heavy atom. The number of pyridine rings is 2. The monoisotopic (exact) mass is 536 g/mol. The first-order valence-electron chi connectivity index (χ1n) is 14.2. The van der Waals surface area contributed by atoms with Gasteiger partial charge in [-0.15, -0.1) is 0 Å². The van der Waals surface area contributed by atoms with Gasteiger partial charge in [-0.2, -0.15) is 0 Å². The Kier molecular flexibility index (Phi) is 6.94. The van der Waals surface area contributed by atoms with Gasteiger partial charge in [-0.25, -0.2) is 0 Å². The molecule has 0 atom stereocenters. The first kappa shape index (κ1) is 25.4. The van der Waals surface area contributed by atoms with Crippen LogP contribution in [-0.4, -0.2) is 9.97 Å². The molecule has 0 aliphatic carbocycles. The molecule has 2 aromatic heterocycles. The van der Waals surface area contributed by atoms with Crippen molar-refractivity contribution in [3.63, 3.8) is 0 Å². The van der Waals surface area contributed by atoms with Crippen molar-refractivity contribution in [3.05, 3.63) is 170 Å². The Bertz CT molecular complexity index is 1520. The van der Waals surface area contributed by atoms with Crippen LogP contribution in [0.2, 0.25) is 0 Å². The summed E-state index contributed by atoms with van der Waals surface area (Å²) in [5, 5.41) is 0. The second-order valence-electron chi connectivity index (χ2n) is 10.1. The van der Waals surface area contributed by atoms with Gasteiger partial charge in [-0.1, -0.05) is 133 Å². The third kappa shape index (κ3) is 4.70. The van der Waals surface area contributed by atoms with Crippen molar-refractivity contribution >= 4 is 0 Å². The van der Waals surface area contributed by atoms with Crippen molar-refractivity contribution in [2.75, 3.05) is 0 Å². The molecular formula is C40H28N2. The molecule has 7 rings (SSSR count). The van der Waals surface area contributed by atoms with Crippen molar-refractivity contribution in [2.45, 2.75) is 0 Å². The minimum absolute atomic E-state index is 0.908. The lowest BCUT2D eigenvalue weighted by molar-refractivity contribution is 1.30. The summed E-state index contributed by atoms with van der Waals surface area (Å²) in [5.41, 5.74) is 13.1. The second-order valence-corrected chi connectivity index (χ2v) is 10.1. The Morgan fingerprint density at radius 2 is 0.500 bits per heavy atom.